The quantitative estimate of drug-likeness (QED) is 0.553. The molecule has 4 heteroatoms. The minimum Gasteiger partial charge on any atom is -0.338 e. The number of hydrogen-bond donors (Lipinski definition) is 0. The van der Waals surface area contributed by atoms with Gasteiger partial charge in [0.1, 0.15) is 5.15 Å². The monoisotopic (exact) mass is 210 g/mol. The number of pyridine rings is 1. The van der Waals surface area contributed by atoms with Crippen molar-refractivity contribution >= 4 is 18.0 Å². The third-order valence-corrected chi connectivity index (χ3v) is 2.79. The second-order valence-electron chi connectivity index (χ2n) is 3.42. The van der Waals surface area contributed by atoms with Crippen LogP contribution in [-0.2, 0) is 4.79 Å². The van der Waals surface area contributed by atoms with E-state index in [2.05, 4.69) is 4.98 Å². The smallest absolute Gasteiger partial charge is 0.210 e. The molecule has 1 aliphatic rings. The number of carbonyl (C=O) groups is 1. The van der Waals surface area contributed by atoms with Gasteiger partial charge in [-0.3, -0.25) is 4.79 Å². The van der Waals surface area contributed by atoms with Crippen LogP contribution >= 0.6 is 11.6 Å². The van der Waals surface area contributed by atoms with Gasteiger partial charge in [0.15, 0.2) is 0 Å². The van der Waals surface area contributed by atoms with E-state index in [0.29, 0.717) is 5.15 Å². The number of halogens is 1. The summed E-state index contributed by atoms with van der Waals surface area (Å²) in [5.41, 5.74) is 1.07. The van der Waals surface area contributed by atoms with Crippen LogP contribution in [0.2, 0.25) is 5.15 Å². The van der Waals surface area contributed by atoms with Gasteiger partial charge in [0.05, 0.1) is 6.04 Å². The maximum absolute atomic E-state index is 10.7. The lowest BCUT2D eigenvalue weighted by molar-refractivity contribution is -0.118. The van der Waals surface area contributed by atoms with E-state index in [9.17, 15) is 4.79 Å². The van der Waals surface area contributed by atoms with Gasteiger partial charge in [-0.2, -0.15) is 0 Å². The maximum atomic E-state index is 10.7. The van der Waals surface area contributed by atoms with Gasteiger partial charge in [-0.25, -0.2) is 4.98 Å². The van der Waals surface area contributed by atoms with Crippen molar-refractivity contribution in [3.63, 3.8) is 0 Å². The highest BCUT2D eigenvalue weighted by molar-refractivity contribution is 6.29. The molecule has 3 nitrogen and oxygen atoms in total. The first kappa shape index (κ1) is 9.46. The summed E-state index contributed by atoms with van der Waals surface area (Å²) in [4.78, 5) is 16.6. The first-order valence-corrected chi connectivity index (χ1v) is 5.01. The fraction of sp³-hybridized carbons (Fsp3) is 0.400. The van der Waals surface area contributed by atoms with Gasteiger partial charge in [0, 0.05) is 12.7 Å². The predicted octanol–water partition coefficient (Wildman–Crippen LogP) is 2.03. The normalized spacial score (nSPS) is 21.2. The summed E-state index contributed by atoms with van der Waals surface area (Å²) in [5.74, 6) is 0. The van der Waals surface area contributed by atoms with Crippen molar-refractivity contribution in [3.05, 3.63) is 29.0 Å². The fourth-order valence-corrected chi connectivity index (χ4v) is 1.97. The second kappa shape index (κ2) is 3.96. The summed E-state index contributed by atoms with van der Waals surface area (Å²) < 4.78 is 0. The summed E-state index contributed by atoms with van der Waals surface area (Å²) in [5, 5.41) is 0.490. The number of amides is 1. The van der Waals surface area contributed by atoms with E-state index in [0.717, 1.165) is 31.4 Å². The van der Waals surface area contributed by atoms with Crippen LogP contribution in [0.5, 0.6) is 0 Å². The summed E-state index contributed by atoms with van der Waals surface area (Å²) in [6.07, 6.45) is 4.73. The molecule has 1 saturated heterocycles. The molecule has 0 aliphatic carbocycles. The van der Waals surface area contributed by atoms with Gasteiger partial charge in [-0.1, -0.05) is 17.7 Å². The molecule has 74 valence electrons. The van der Waals surface area contributed by atoms with Gasteiger partial charge in [-0.15, -0.1) is 0 Å². The zero-order chi connectivity index (χ0) is 9.97. The number of nitrogens with zero attached hydrogens (tertiary/aromatic N) is 2. The fourth-order valence-electron chi connectivity index (χ4n) is 1.86. The Morgan fingerprint density at radius 2 is 2.43 bits per heavy atom. The van der Waals surface area contributed by atoms with Crippen LogP contribution in [0.3, 0.4) is 0 Å². The van der Waals surface area contributed by atoms with E-state index in [1.807, 2.05) is 11.0 Å². The molecule has 0 N–H and O–H groups in total. The van der Waals surface area contributed by atoms with E-state index >= 15 is 0 Å². The maximum Gasteiger partial charge on any atom is 0.210 e. The van der Waals surface area contributed by atoms with E-state index in [1.54, 1.807) is 12.3 Å². The summed E-state index contributed by atoms with van der Waals surface area (Å²) in [6, 6.07) is 3.89. The van der Waals surface area contributed by atoms with Crippen LogP contribution < -0.4 is 0 Å². The Kier molecular flexibility index (Phi) is 2.68. The van der Waals surface area contributed by atoms with Crippen molar-refractivity contribution in [3.8, 4) is 0 Å². The van der Waals surface area contributed by atoms with Crippen molar-refractivity contribution in [1.29, 1.82) is 0 Å². The van der Waals surface area contributed by atoms with E-state index in [4.69, 9.17) is 11.6 Å². The molecule has 2 rings (SSSR count). The molecule has 0 bridgehead atoms. The topological polar surface area (TPSA) is 33.2 Å². The molecular weight excluding hydrogens is 200 g/mol. The number of likely N-dealkylation sites (tertiary alicyclic amines) is 1. The van der Waals surface area contributed by atoms with Crippen molar-refractivity contribution in [2.75, 3.05) is 6.54 Å². The summed E-state index contributed by atoms with van der Waals surface area (Å²) >= 11 is 5.69. The number of aromatic nitrogens is 1. The van der Waals surface area contributed by atoms with Crippen LogP contribution in [-0.4, -0.2) is 22.8 Å². The Hall–Kier alpha value is -1.09. The summed E-state index contributed by atoms with van der Waals surface area (Å²) in [6.45, 7) is 0.844. The van der Waals surface area contributed by atoms with Gasteiger partial charge in [-0.05, 0) is 24.5 Å². The lowest BCUT2D eigenvalue weighted by Crippen LogP contribution is -2.21. The van der Waals surface area contributed by atoms with Crippen molar-refractivity contribution in [1.82, 2.24) is 9.88 Å². The third-order valence-electron chi connectivity index (χ3n) is 2.56. The third kappa shape index (κ3) is 1.73. The van der Waals surface area contributed by atoms with Gasteiger partial charge in [0.25, 0.3) is 0 Å². The highest BCUT2D eigenvalue weighted by atomic mass is 35.5. The number of hydrogen-bond acceptors (Lipinski definition) is 2. The Bertz CT molecular complexity index is 325. The summed E-state index contributed by atoms with van der Waals surface area (Å²) in [7, 11) is 0. The van der Waals surface area contributed by atoms with Gasteiger partial charge < -0.3 is 4.90 Å². The molecule has 14 heavy (non-hydrogen) atoms. The van der Waals surface area contributed by atoms with E-state index in [-0.39, 0.29) is 6.04 Å². The number of carbonyl (C=O) groups excluding carboxylic acids is 1. The molecule has 2 heterocycles. The van der Waals surface area contributed by atoms with Crippen molar-refractivity contribution in [2.24, 2.45) is 0 Å². The van der Waals surface area contributed by atoms with Crippen LogP contribution in [0.25, 0.3) is 0 Å². The Morgan fingerprint density at radius 1 is 1.57 bits per heavy atom. The molecule has 0 saturated carbocycles. The average molecular weight is 211 g/mol. The molecule has 1 amide bonds. The van der Waals surface area contributed by atoms with Crippen LogP contribution in [0, 0.1) is 0 Å². The Labute approximate surface area is 87.7 Å². The van der Waals surface area contributed by atoms with Gasteiger partial charge in [0.2, 0.25) is 6.41 Å². The zero-order valence-corrected chi connectivity index (χ0v) is 8.44. The number of rotatable bonds is 2. The predicted molar refractivity (Wildman–Crippen MR) is 54.0 cm³/mol. The highest BCUT2D eigenvalue weighted by Crippen LogP contribution is 2.30. The molecular formula is C10H11ClN2O. The molecule has 1 aromatic heterocycles. The lowest BCUT2D eigenvalue weighted by atomic mass is 10.1. The first-order chi connectivity index (χ1) is 6.81. The van der Waals surface area contributed by atoms with Crippen molar-refractivity contribution in [2.45, 2.75) is 18.9 Å². The Morgan fingerprint density at radius 3 is 3.07 bits per heavy atom. The van der Waals surface area contributed by atoms with Crippen LogP contribution in [0.4, 0.5) is 0 Å². The minimum absolute atomic E-state index is 0.192. The highest BCUT2D eigenvalue weighted by Gasteiger charge is 2.24. The lowest BCUT2D eigenvalue weighted by Gasteiger charge is -2.19. The first-order valence-electron chi connectivity index (χ1n) is 4.64. The molecule has 1 aliphatic heterocycles. The largest absolute Gasteiger partial charge is 0.338 e. The van der Waals surface area contributed by atoms with Crippen molar-refractivity contribution < 1.29 is 4.79 Å². The second-order valence-corrected chi connectivity index (χ2v) is 3.80. The van der Waals surface area contributed by atoms with E-state index < -0.39 is 0 Å². The molecule has 0 spiro atoms. The molecule has 1 atom stereocenters. The zero-order valence-electron chi connectivity index (χ0n) is 7.69. The molecule has 1 aromatic rings. The van der Waals surface area contributed by atoms with Crippen LogP contribution in [0.1, 0.15) is 24.4 Å². The average Bonchev–Trinajstić information content (AvgIpc) is 2.67. The molecule has 1 fully saturated rings. The SMILES string of the molecule is O=CN1CCC[C@H]1c1ccc(Cl)nc1. The van der Waals surface area contributed by atoms with Crippen LogP contribution in [0.15, 0.2) is 18.3 Å². The Balaban J connectivity index is 2.21. The van der Waals surface area contributed by atoms with E-state index in [1.165, 1.54) is 0 Å². The van der Waals surface area contributed by atoms with Gasteiger partial charge >= 0.3 is 0 Å². The molecule has 0 radical (unpaired) electrons. The minimum atomic E-state index is 0.192. The molecule has 0 unspecified atom stereocenters. The standard InChI is InChI=1S/C10H11ClN2O/c11-10-4-3-8(6-12-10)9-2-1-5-13(9)7-14/h3-4,6-7,9H,1-2,5H2/t9-/m0/s1. The molecule has 0 aromatic carbocycles.